The molecule has 0 radical (unpaired) electrons. The second kappa shape index (κ2) is 5.04. The molecule has 0 saturated carbocycles. The van der Waals surface area contributed by atoms with Gasteiger partial charge in [0.15, 0.2) is 0 Å². The molecule has 2 heteroatoms. The van der Waals surface area contributed by atoms with Gasteiger partial charge in [-0.15, -0.1) is 0 Å². The van der Waals surface area contributed by atoms with E-state index >= 15 is 0 Å². The molecule has 0 fully saturated rings. The quantitative estimate of drug-likeness (QED) is 0.519. The van der Waals surface area contributed by atoms with Crippen LogP contribution < -0.4 is 0 Å². The van der Waals surface area contributed by atoms with Gasteiger partial charge in [0.2, 0.25) is 0 Å². The topological polar surface area (TPSA) is 23.8 Å². The largest absolute Gasteiger partial charge is 0.211 e. The lowest BCUT2D eigenvalue weighted by molar-refractivity contribution is 0.620. The molecule has 0 aliphatic rings. The van der Waals surface area contributed by atoms with Crippen molar-refractivity contribution in [1.82, 2.24) is 0 Å². The van der Waals surface area contributed by atoms with Gasteiger partial charge in [-0.05, 0) is 13.0 Å². The molecule has 48 valence electrons. The Balaban J connectivity index is 3.72. The van der Waals surface area contributed by atoms with Gasteiger partial charge in [0.05, 0.1) is 12.5 Å². The van der Waals surface area contributed by atoms with Gasteiger partial charge in [-0.2, -0.15) is 5.26 Å². The third-order valence-electron chi connectivity index (χ3n) is 0.717. The molecular formula is C7H8FN. The molecule has 0 atom stereocenters. The summed E-state index contributed by atoms with van der Waals surface area (Å²) in [7, 11) is 0. The Kier molecular flexibility index (Phi) is 4.43. The van der Waals surface area contributed by atoms with Gasteiger partial charge >= 0.3 is 0 Å². The van der Waals surface area contributed by atoms with Gasteiger partial charge in [0, 0.05) is 0 Å². The van der Waals surface area contributed by atoms with Crippen LogP contribution >= 0.6 is 0 Å². The summed E-state index contributed by atoms with van der Waals surface area (Å²) >= 11 is 0. The molecule has 0 aromatic carbocycles. The fourth-order valence-corrected chi connectivity index (χ4v) is 0.335. The number of rotatable bonds is 2. The maximum absolute atomic E-state index is 12.2. The normalized spacial score (nSPS) is 11.9. The highest BCUT2D eigenvalue weighted by Gasteiger charge is 1.86. The monoisotopic (exact) mass is 125 g/mol. The van der Waals surface area contributed by atoms with Crippen LogP contribution in [-0.4, -0.2) is 0 Å². The minimum Gasteiger partial charge on any atom is -0.211 e. The Morgan fingerprint density at radius 1 is 1.78 bits per heavy atom. The number of nitrogens with zero attached hydrogens (tertiary/aromatic N) is 1. The van der Waals surface area contributed by atoms with E-state index in [0.717, 1.165) is 0 Å². The lowest BCUT2D eigenvalue weighted by Gasteiger charge is -1.80. The molecule has 0 rings (SSSR count). The summed E-state index contributed by atoms with van der Waals surface area (Å²) in [6, 6.07) is 1.70. The third kappa shape index (κ3) is 4.76. The zero-order valence-electron chi connectivity index (χ0n) is 5.26. The molecular weight excluding hydrogens is 117 g/mol. The highest BCUT2D eigenvalue weighted by atomic mass is 19.1. The maximum atomic E-state index is 12.2. The van der Waals surface area contributed by atoms with Crippen molar-refractivity contribution in [2.24, 2.45) is 0 Å². The Hall–Kier alpha value is -1.10. The van der Waals surface area contributed by atoms with Crippen molar-refractivity contribution in [1.29, 1.82) is 5.26 Å². The van der Waals surface area contributed by atoms with Crippen LogP contribution in [0.5, 0.6) is 0 Å². The molecule has 0 amide bonds. The summed E-state index contributed by atoms with van der Waals surface area (Å²) in [4.78, 5) is 0. The van der Waals surface area contributed by atoms with Gasteiger partial charge in [0.1, 0.15) is 5.83 Å². The van der Waals surface area contributed by atoms with E-state index in [9.17, 15) is 4.39 Å². The lowest BCUT2D eigenvalue weighted by atomic mass is 10.3. The van der Waals surface area contributed by atoms with Crippen molar-refractivity contribution in [3.8, 4) is 6.07 Å². The summed E-state index contributed by atoms with van der Waals surface area (Å²) in [6.45, 7) is 1.79. The zero-order valence-corrected chi connectivity index (χ0v) is 5.26. The third-order valence-corrected chi connectivity index (χ3v) is 0.717. The molecule has 0 aliphatic carbocycles. The van der Waals surface area contributed by atoms with Gasteiger partial charge in [-0.1, -0.05) is 12.2 Å². The average Bonchev–Trinajstić information content (AvgIpc) is 1.85. The minimum atomic E-state index is -0.393. The smallest absolute Gasteiger partial charge is 0.114 e. The number of hydrogen-bond acceptors (Lipinski definition) is 1. The summed E-state index contributed by atoms with van der Waals surface area (Å²) in [5, 5.41) is 7.98. The highest BCUT2D eigenvalue weighted by Crippen LogP contribution is 2.00. The van der Waals surface area contributed by atoms with E-state index in [4.69, 9.17) is 5.26 Å². The molecule has 0 aliphatic heterocycles. The van der Waals surface area contributed by atoms with Crippen molar-refractivity contribution in [3.05, 3.63) is 24.1 Å². The van der Waals surface area contributed by atoms with E-state index in [1.54, 1.807) is 25.1 Å². The molecule has 0 spiro atoms. The number of allylic oxidation sites excluding steroid dienone is 4. The maximum Gasteiger partial charge on any atom is 0.114 e. The van der Waals surface area contributed by atoms with E-state index in [2.05, 4.69) is 0 Å². The summed E-state index contributed by atoms with van der Waals surface area (Å²) in [5.74, 6) is -0.393. The van der Waals surface area contributed by atoms with Gasteiger partial charge < -0.3 is 0 Å². The number of nitriles is 1. The molecule has 0 unspecified atom stereocenters. The SMILES string of the molecule is C/C=C\C=C(\F)CC#N. The van der Waals surface area contributed by atoms with Crippen LogP contribution in [0.4, 0.5) is 4.39 Å². The molecule has 0 aromatic rings. The van der Waals surface area contributed by atoms with Gasteiger partial charge in [-0.3, -0.25) is 0 Å². The van der Waals surface area contributed by atoms with E-state index in [0.29, 0.717) is 0 Å². The van der Waals surface area contributed by atoms with E-state index < -0.39 is 5.83 Å². The van der Waals surface area contributed by atoms with Crippen LogP contribution in [0.2, 0.25) is 0 Å². The first-order valence-electron chi connectivity index (χ1n) is 2.65. The van der Waals surface area contributed by atoms with Crippen molar-refractivity contribution < 1.29 is 4.39 Å². The van der Waals surface area contributed by atoms with Crippen LogP contribution in [-0.2, 0) is 0 Å². The lowest BCUT2D eigenvalue weighted by Crippen LogP contribution is -1.66. The predicted molar refractivity (Wildman–Crippen MR) is 34.2 cm³/mol. The summed E-state index contributed by atoms with van der Waals surface area (Å²) in [5.41, 5.74) is 0. The number of hydrogen-bond donors (Lipinski definition) is 0. The summed E-state index contributed by atoms with van der Waals surface area (Å²) in [6.07, 6.45) is 4.41. The second-order valence-electron chi connectivity index (χ2n) is 1.47. The fourth-order valence-electron chi connectivity index (χ4n) is 0.335. The Bertz CT molecular complexity index is 162. The standard InChI is InChI=1S/C7H8FN/c1-2-3-4-7(8)5-6-9/h2-4H,5H2,1H3/b3-2-,7-4+. The Morgan fingerprint density at radius 2 is 2.44 bits per heavy atom. The molecule has 0 heterocycles. The first kappa shape index (κ1) is 7.90. The van der Waals surface area contributed by atoms with Crippen molar-refractivity contribution in [2.45, 2.75) is 13.3 Å². The molecule has 9 heavy (non-hydrogen) atoms. The van der Waals surface area contributed by atoms with Crippen molar-refractivity contribution in [2.75, 3.05) is 0 Å². The van der Waals surface area contributed by atoms with Crippen LogP contribution in [0.15, 0.2) is 24.1 Å². The molecule has 0 aromatic heterocycles. The first-order valence-corrected chi connectivity index (χ1v) is 2.65. The van der Waals surface area contributed by atoms with Crippen LogP contribution in [0.25, 0.3) is 0 Å². The molecule has 1 nitrogen and oxygen atoms in total. The van der Waals surface area contributed by atoms with Crippen LogP contribution in [0.1, 0.15) is 13.3 Å². The predicted octanol–water partition coefficient (Wildman–Crippen LogP) is 2.33. The Labute approximate surface area is 54.1 Å². The summed E-state index contributed by atoms with van der Waals surface area (Å²) < 4.78 is 12.2. The van der Waals surface area contributed by atoms with Gasteiger partial charge in [-0.25, -0.2) is 4.39 Å². The second-order valence-corrected chi connectivity index (χ2v) is 1.47. The molecule has 0 saturated heterocycles. The first-order chi connectivity index (χ1) is 4.31. The Morgan fingerprint density at radius 3 is 2.89 bits per heavy atom. The zero-order chi connectivity index (χ0) is 7.11. The average molecular weight is 125 g/mol. The van der Waals surface area contributed by atoms with E-state index in [1.165, 1.54) is 6.08 Å². The fraction of sp³-hybridized carbons (Fsp3) is 0.286. The molecule has 0 N–H and O–H groups in total. The number of halogens is 1. The van der Waals surface area contributed by atoms with Gasteiger partial charge in [0.25, 0.3) is 0 Å². The van der Waals surface area contributed by atoms with Crippen molar-refractivity contribution >= 4 is 0 Å². The van der Waals surface area contributed by atoms with E-state index in [-0.39, 0.29) is 6.42 Å². The van der Waals surface area contributed by atoms with Crippen LogP contribution in [0.3, 0.4) is 0 Å². The van der Waals surface area contributed by atoms with E-state index in [1.807, 2.05) is 0 Å². The van der Waals surface area contributed by atoms with Crippen molar-refractivity contribution in [3.63, 3.8) is 0 Å². The highest BCUT2D eigenvalue weighted by molar-refractivity contribution is 5.09. The van der Waals surface area contributed by atoms with Crippen LogP contribution in [0, 0.1) is 11.3 Å². The minimum absolute atomic E-state index is 0.135. The molecule has 0 bridgehead atoms.